The highest BCUT2D eigenvalue weighted by atomic mass is 32.2. The molecule has 1 unspecified atom stereocenters. The van der Waals surface area contributed by atoms with Crippen molar-refractivity contribution in [3.63, 3.8) is 0 Å². The molecule has 0 N–H and O–H groups in total. The fraction of sp³-hybridized carbons (Fsp3) is 0.458. The smallest absolute Gasteiger partial charge is 0.341 e. The van der Waals surface area contributed by atoms with Crippen LogP contribution in [0.25, 0.3) is 0 Å². The lowest BCUT2D eigenvalue weighted by molar-refractivity contribution is 0.0483. The van der Waals surface area contributed by atoms with Gasteiger partial charge in [-0.05, 0) is 60.9 Å². The number of carbonyl (C=O) groups excluding carboxylic acids is 1. The number of methoxy groups -OCH3 is 1. The number of sulfonamides is 1. The number of rotatable bonds is 6. The van der Waals surface area contributed by atoms with Gasteiger partial charge in [0.15, 0.2) is 0 Å². The standard InChI is InChI=1S/C24H29NO6S/c1-17-9-12-25(22-6-4-3-5-20(17)22)32(27,28)19-7-8-23(21(15-19)24(26)29-2)31-16-18-10-13-30-14-11-18/h3-8,15,17-18H,9-14,16H2,1-2H3. The molecule has 0 saturated carbocycles. The van der Waals surface area contributed by atoms with Crippen LogP contribution in [0.5, 0.6) is 5.75 Å². The molecule has 2 heterocycles. The third-order valence-electron chi connectivity index (χ3n) is 6.26. The minimum atomic E-state index is -3.86. The molecule has 32 heavy (non-hydrogen) atoms. The van der Waals surface area contributed by atoms with Crippen molar-refractivity contribution in [2.45, 2.75) is 37.0 Å². The Morgan fingerprint density at radius 3 is 2.62 bits per heavy atom. The molecule has 0 radical (unpaired) electrons. The van der Waals surface area contributed by atoms with E-state index in [0.717, 1.165) is 24.8 Å². The minimum Gasteiger partial charge on any atom is -0.492 e. The van der Waals surface area contributed by atoms with Gasteiger partial charge in [-0.25, -0.2) is 13.2 Å². The molecule has 7 nitrogen and oxygen atoms in total. The summed E-state index contributed by atoms with van der Waals surface area (Å²) in [7, 11) is -2.59. The summed E-state index contributed by atoms with van der Waals surface area (Å²) < 4.78 is 44.7. The van der Waals surface area contributed by atoms with Crippen LogP contribution < -0.4 is 9.04 Å². The zero-order chi connectivity index (χ0) is 22.7. The van der Waals surface area contributed by atoms with Crippen LogP contribution in [0.2, 0.25) is 0 Å². The van der Waals surface area contributed by atoms with Crippen LogP contribution >= 0.6 is 0 Å². The number of anilines is 1. The van der Waals surface area contributed by atoms with Crippen LogP contribution in [0.1, 0.15) is 48.0 Å². The summed E-state index contributed by atoms with van der Waals surface area (Å²) in [6, 6.07) is 12.0. The summed E-state index contributed by atoms with van der Waals surface area (Å²) in [5.74, 6) is 0.320. The van der Waals surface area contributed by atoms with Gasteiger partial charge in [-0.2, -0.15) is 0 Å². The first kappa shape index (κ1) is 22.6. The third kappa shape index (κ3) is 4.47. The molecule has 4 rings (SSSR count). The lowest BCUT2D eigenvalue weighted by Crippen LogP contribution is -2.36. The highest BCUT2D eigenvalue weighted by molar-refractivity contribution is 7.92. The molecule has 0 aromatic heterocycles. The predicted octanol–water partition coefficient (Wildman–Crippen LogP) is 3.98. The number of para-hydroxylation sites is 1. The van der Waals surface area contributed by atoms with Crippen molar-refractivity contribution in [1.29, 1.82) is 0 Å². The molecule has 0 amide bonds. The number of hydrogen-bond donors (Lipinski definition) is 0. The second-order valence-electron chi connectivity index (χ2n) is 8.34. The van der Waals surface area contributed by atoms with Crippen molar-refractivity contribution in [3.8, 4) is 5.75 Å². The lowest BCUT2D eigenvalue weighted by Gasteiger charge is -2.33. The maximum absolute atomic E-state index is 13.6. The Balaban J connectivity index is 1.64. The number of ether oxygens (including phenoxy) is 3. The maximum atomic E-state index is 13.6. The van der Waals surface area contributed by atoms with Crippen molar-refractivity contribution < 1.29 is 27.4 Å². The minimum absolute atomic E-state index is 0.0423. The molecule has 172 valence electrons. The molecule has 1 atom stereocenters. The van der Waals surface area contributed by atoms with E-state index in [1.54, 1.807) is 6.07 Å². The number of esters is 1. The van der Waals surface area contributed by atoms with Crippen molar-refractivity contribution in [2.24, 2.45) is 5.92 Å². The van der Waals surface area contributed by atoms with Gasteiger partial charge in [0.05, 0.1) is 24.3 Å². The van der Waals surface area contributed by atoms with Crippen molar-refractivity contribution >= 4 is 21.7 Å². The van der Waals surface area contributed by atoms with Crippen LogP contribution in [-0.2, 0) is 19.5 Å². The molecular weight excluding hydrogens is 430 g/mol. The van der Waals surface area contributed by atoms with Crippen molar-refractivity contribution in [2.75, 3.05) is 37.8 Å². The number of fused-ring (bicyclic) bond motifs is 1. The fourth-order valence-electron chi connectivity index (χ4n) is 4.28. The lowest BCUT2D eigenvalue weighted by atomic mass is 9.93. The highest BCUT2D eigenvalue weighted by Gasteiger charge is 2.32. The van der Waals surface area contributed by atoms with Gasteiger partial charge in [0, 0.05) is 19.8 Å². The normalized spacial score (nSPS) is 19.3. The van der Waals surface area contributed by atoms with E-state index in [1.807, 2.05) is 24.3 Å². The van der Waals surface area contributed by atoms with E-state index in [2.05, 4.69) is 6.92 Å². The maximum Gasteiger partial charge on any atom is 0.341 e. The van der Waals surface area contributed by atoms with Crippen LogP contribution in [0, 0.1) is 5.92 Å². The molecule has 0 bridgehead atoms. The van der Waals surface area contributed by atoms with Gasteiger partial charge >= 0.3 is 5.97 Å². The number of benzene rings is 2. The molecule has 2 aromatic rings. The van der Waals surface area contributed by atoms with E-state index in [4.69, 9.17) is 14.2 Å². The topological polar surface area (TPSA) is 82.1 Å². The molecule has 8 heteroatoms. The van der Waals surface area contributed by atoms with Crippen LogP contribution in [0.3, 0.4) is 0 Å². The Labute approximate surface area is 189 Å². The van der Waals surface area contributed by atoms with Gasteiger partial charge in [0.25, 0.3) is 10.0 Å². The number of hydrogen-bond acceptors (Lipinski definition) is 6. The third-order valence-corrected chi connectivity index (χ3v) is 8.07. The monoisotopic (exact) mass is 459 g/mol. The van der Waals surface area contributed by atoms with Gasteiger partial charge in [-0.1, -0.05) is 25.1 Å². The van der Waals surface area contributed by atoms with Crippen LogP contribution in [0.15, 0.2) is 47.4 Å². The second kappa shape index (κ2) is 9.50. The van der Waals surface area contributed by atoms with Crippen molar-refractivity contribution in [3.05, 3.63) is 53.6 Å². The van der Waals surface area contributed by atoms with Crippen LogP contribution in [0.4, 0.5) is 5.69 Å². The Hall–Kier alpha value is -2.58. The molecule has 0 spiro atoms. The molecule has 2 aliphatic rings. The Morgan fingerprint density at radius 2 is 1.88 bits per heavy atom. The molecule has 1 fully saturated rings. The van der Waals surface area contributed by atoms with E-state index in [1.165, 1.54) is 23.5 Å². The summed E-state index contributed by atoms with van der Waals surface area (Å²) in [5, 5.41) is 0. The summed E-state index contributed by atoms with van der Waals surface area (Å²) in [5.41, 5.74) is 1.80. The highest BCUT2D eigenvalue weighted by Crippen LogP contribution is 2.38. The summed E-state index contributed by atoms with van der Waals surface area (Å²) in [6.07, 6.45) is 2.52. The van der Waals surface area contributed by atoms with Crippen molar-refractivity contribution in [1.82, 2.24) is 0 Å². The SMILES string of the molecule is COC(=O)c1cc(S(=O)(=O)N2CCC(C)c3ccccc32)ccc1OCC1CCOCC1. The Morgan fingerprint density at radius 1 is 1.12 bits per heavy atom. The second-order valence-corrected chi connectivity index (χ2v) is 10.2. The average molecular weight is 460 g/mol. The summed E-state index contributed by atoms with van der Waals surface area (Å²) in [4.78, 5) is 12.5. The first-order chi connectivity index (χ1) is 15.4. The summed E-state index contributed by atoms with van der Waals surface area (Å²) in [6.45, 7) is 4.33. The zero-order valence-electron chi connectivity index (χ0n) is 18.5. The number of carbonyl (C=O) groups is 1. The Kier molecular flexibility index (Phi) is 6.71. The molecule has 1 saturated heterocycles. The average Bonchev–Trinajstić information content (AvgIpc) is 2.83. The van der Waals surface area contributed by atoms with E-state index in [-0.39, 0.29) is 16.4 Å². The predicted molar refractivity (Wildman–Crippen MR) is 121 cm³/mol. The van der Waals surface area contributed by atoms with Gasteiger partial charge < -0.3 is 14.2 Å². The van der Waals surface area contributed by atoms with Crippen LogP contribution in [-0.4, -0.2) is 47.9 Å². The number of nitrogens with zero attached hydrogens (tertiary/aromatic N) is 1. The first-order valence-corrected chi connectivity index (χ1v) is 12.4. The largest absolute Gasteiger partial charge is 0.492 e. The van der Waals surface area contributed by atoms with E-state index >= 15 is 0 Å². The Bertz CT molecular complexity index is 1080. The van der Waals surface area contributed by atoms with Gasteiger partial charge in [0.1, 0.15) is 11.3 Å². The first-order valence-electron chi connectivity index (χ1n) is 11.0. The van der Waals surface area contributed by atoms with Gasteiger partial charge in [-0.3, -0.25) is 4.31 Å². The van der Waals surface area contributed by atoms with E-state index < -0.39 is 16.0 Å². The quantitative estimate of drug-likeness (QED) is 0.608. The molecule has 2 aliphatic heterocycles. The van der Waals surface area contributed by atoms with Gasteiger partial charge in [-0.15, -0.1) is 0 Å². The fourth-order valence-corrected chi connectivity index (χ4v) is 5.81. The zero-order valence-corrected chi connectivity index (χ0v) is 19.3. The van der Waals surface area contributed by atoms with E-state index in [9.17, 15) is 13.2 Å². The molecular formula is C24H29NO6S. The summed E-state index contributed by atoms with van der Waals surface area (Å²) >= 11 is 0. The van der Waals surface area contributed by atoms with Gasteiger partial charge in [0.2, 0.25) is 0 Å². The molecule has 2 aromatic carbocycles. The van der Waals surface area contributed by atoms with E-state index in [0.29, 0.717) is 43.7 Å². The molecule has 0 aliphatic carbocycles.